The summed E-state index contributed by atoms with van der Waals surface area (Å²) in [5.74, 6) is 1.51. The molecule has 1 aromatic carbocycles. The molecule has 3 heterocycles. The van der Waals surface area contributed by atoms with Crippen molar-refractivity contribution in [3.05, 3.63) is 77.9 Å². The van der Waals surface area contributed by atoms with E-state index in [-0.39, 0.29) is 5.91 Å². The lowest BCUT2D eigenvalue weighted by atomic mass is 10.2. The van der Waals surface area contributed by atoms with Crippen LogP contribution in [0.2, 0.25) is 0 Å². The molecule has 1 N–H and O–H groups in total. The van der Waals surface area contributed by atoms with Crippen LogP contribution >= 0.6 is 0 Å². The minimum absolute atomic E-state index is 0.187. The topological polar surface area (TPSA) is 86.9 Å². The normalized spacial score (nSPS) is 10.7. The zero-order chi connectivity index (χ0) is 20.4. The fourth-order valence-corrected chi connectivity index (χ4v) is 3.02. The molecular formula is C21H20N6O2. The maximum Gasteiger partial charge on any atom is 0.259 e. The monoisotopic (exact) mass is 388 g/mol. The van der Waals surface area contributed by atoms with Gasteiger partial charge in [-0.3, -0.25) is 9.48 Å². The van der Waals surface area contributed by atoms with E-state index in [1.807, 2.05) is 56.1 Å². The number of ether oxygens (including phenoxy) is 1. The summed E-state index contributed by atoms with van der Waals surface area (Å²) >= 11 is 0. The summed E-state index contributed by atoms with van der Waals surface area (Å²) in [4.78, 5) is 12.6. The number of anilines is 1. The first-order chi connectivity index (χ1) is 14.0. The van der Waals surface area contributed by atoms with E-state index in [4.69, 9.17) is 4.74 Å². The molecular weight excluding hydrogens is 368 g/mol. The van der Waals surface area contributed by atoms with Crippen molar-refractivity contribution in [3.63, 3.8) is 0 Å². The molecule has 0 radical (unpaired) electrons. The molecule has 29 heavy (non-hydrogen) atoms. The van der Waals surface area contributed by atoms with Gasteiger partial charge in [-0.25, -0.2) is 0 Å². The third-order valence-electron chi connectivity index (χ3n) is 4.57. The van der Waals surface area contributed by atoms with Crippen molar-refractivity contribution in [1.82, 2.24) is 24.5 Å². The molecule has 8 heteroatoms. The van der Waals surface area contributed by atoms with Crippen molar-refractivity contribution in [2.24, 2.45) is 7.05 Å². The average Bonchev–Trinajstić information content (AvgIpc) is 3.33. The Kier molecular flexibility index (Phi) is 4.82. The van der Waals surface area contributed by atoms with Crippen LogP contribution in [0.1, 0.15) is 21.7 Å². The van der Waals surface area contributed by atoms with Crippen LogP contribution in [0.3, 0.4) is 0 Å². The lowest BCUT2D eigenvalue weighted by Crippen LogP contribution is -2.14. The predicted molar refractivity (Wildman–Crippen MR) is 109 cm³/mol. The largest absolute Gasteiger partial charge is 0.438 e. The van der Waals surface area contributed by atoms with Crippen LogP contribution in [0.25, 0.3) is 5.82 Å². The molecule has 3 aromatic heterocycles. The minimum atomic E-state index is -0.187. The number of hydrogen-bond donors (Lipinski definition) is 1. The second-order valence-corrected chi connectivity index (χ2v) is 6.57. The highest BCUT2D eigenvalue weighted by molar-refractivity contribution is 6.05. The summed E-state index contributed by atoms with van der Waals surface area (Å²) in [6, 6.07) is 14.5. The second-order valence-electron chi connectivity index (χ2n) is 6.57. The van der Waals surface area contributed by atoms with E-state index in [9.17, 15) is 4.79 Å². The summed E-state index contributed by atoms with van der Waals surface area (Å²) in [5, 5.41) is 15.4. The molecule has 0 saturated carbocycles. The third kappa shape index (κ3) is 3.86. The Morgan fingerprint density at radius 2 is 1.72 bits per heavy atom. The lowest BCUT2D eigenvalue weighted by molar-refractivity contribution is 0.102. The van der Waals surface area contributed by atoms with Gasteiger partial charge in [-0.2, -0.15) is 5.10 Å². The van der Waals surface area contributed by atoms with E-state index in [1.165, 1.54) is 0 Å². The number of aromatic nitrogens is 5. The van der Waals surface area contributed by atoms with Gasteiger partial charge in [0.1, 0.15) is 5.75 Å². The Morgan fingerprint density at radius 1 is 1.00 bits per heavy atom. The Bertz CT molecular complexity index is 1130. The molecule has 0 aliphatic heterocycles. The van der Waals surface area contributed by atoms with Gasteiger partial charge in [0.2, 0.25) is 5.88 Å². The van der Waals surface area contributed by atoms with Gasteiger partial charge in [0.25, 0.3) is 5.91 Å². The first-order valence-electron chi connectivity index (χ1n) is 9.08. The molecule has 8 nitrogen and oxygen atoms in total. The van der Waals surface area contributed by atoms with Crippen molar-refractivity contribution >= 4 is 11.6 Å². The summed E-state index contributed by atoms with van der Waals surface area (Å²) in [6.45, 7) is 3.69. The number of amides is 1. The zero-order valence-electron chi connectivity index (χ0n) is 16.3. The lowest BCUT2D eigenvalue weighted by Gasteiger charge is -2.08. The SMILES string of the molecule is Cc1nn(C)c(C)c1C(=O)Nc1ccc(Oc2ccc(-n3cccc3)nn2)cc1. The Balaban J connectivity index is 1.42. The van der Waals surface area contributed by atoms with Crippen LogP contribution in [-0.4, -0.2) is 30.5 Å². The Labute approximate surface area is 167 Å². The smallest absolute Gasteiger partial charge is 0.259 e. The van der Waals surface area contributed by atoms with Gasteiger partial charge in [0.05, 0.1) is 11.3 Å². The van der Waals surface area contributed by atoms with Gasteiger partial charge in [0, 0.05) is 36.9 Å². The van der Waals surface area contributed by atoms with E-state index in [2.05, 4.69) is 20.6 Å². The molecule has 0 bridgehead atoms. The number of aryl methyl sites for hydroxylation is 2. The summed E-state index contributed by atoms with van der Waals surface area (Å²) in [7, 11) is 1.82. The maximum absolute atomic E-state index is 12.6. The van der Waals surface area contributed by atoms with Gasteiger partial charge < -0.3 is 14.6 Å². The highest BCUT2D eigenvalue weighted by Gasteiger charge is 2.17. The van der Waals surface area contributed by atoms with Crippen LogP contribution in [-0.2, 0) is 7.05 Å². The molecule has 0 atom stereocenters. The molecule has 4 aromatic rings. The molecule has 146 valence electrons. The highest BCUT2D eigenvalue weighted by atomic mass is 16.5. The van der Waals surface area contributed by atoms with Gasteiger partial charge in [-0.1, -0.05) is 0 Å². The number of rotatable bonds is 5. The van der Waals surface area contributed by atoms with E-state index in [0.29, 0.717) is 34.4 Å². The van der Waals surface area contributed by atoms with E-state index in [0.717, 1.165) is 5.69 Å². The van der Waals surface area contributed by atoms with Gasteiger partial charge in [0.15, 0.2) is 5.82 Å². The first-order valence-corrected chi connectivity index (χ1v) is 9.08. The van der Waals surface area contributed by atoms with E-state index < -0.39 is 0 Å². The predicted octanol–water partition coefficient (Wildman–Crippen LogP) is 3.66. The zero-order valence-corrected chi connectivity index (χ0v) is 16.3. The summed E-state index contributed by atoms with van der Waals surface area (Å²) in [5.41, 5.74) is 2.77. The molecule has 0 spiro atoms. The molecule has 0 aliphatic rings. The van der Waals surface area contributed by atoms with Crippen molar-refractivity contribution in [2.75, 3.05) is 5.32 Å². The highest BCUT2D eigenvalue weighted by Crippen LogP contribution is 2.22. The van der Waals surface area contributed by atoms with Crippen LogP contribution < -0.4 is 10.1 Å². The number of benzene rings is 1. The Hall–Kier alpha value is -3.94. The molecule has 1 amide bonds. The molecule has 0 saturated heterocycles. The van der Waals surface area contributed by atoms with Crippen molar-refractivity contribution in [1.29, 1.82) is 0 Å². The van der Waals surface area contributed by atoms with Crippen molar-refractivity contribution in [2.45, 2.75) is 13.8 Å². The summed E-state index contributed by atoms with van der Waals surface area (Å²) < 4.78 is 9.29. The minimum Gasteiger partial charge on any atom is -0.438 e. The van der Waals surface area contributed by atoms with E-state index >= 15 is 0 Å². The third-order valence-corrected chi connectivity index (χ3v) is 4.57. The molecule has 0 aliphatic carbocycles. The van der Waals surface area contributed by atoms with Crippen molar-refractivity contribution in [3.8, 4) is 17.4 Å². The molecule has 4 rings (SSSR count). The van der Waals surface area contributed by atoms with Crippen LogP contribution in [0, 0.1) is 13.8 Å². The number of carbonyl (C=O) groups excluding carboxylic acids is 1. The van der Waals surface area contributed by atoms with E-state index in [1.54, 1.807) is 35.0 Å². The van der Waals surface area contributed by atoms with Crippen molar-refractivity contribution < 1.29 is 9.53 Å². The number of carbonyl (C=O) groups is 1. The van der Waals surface area contributed by atoms with Crippen LogP contribution in [0.5, 0.6) is 11.6 Å². The van der Waals surface area contributed by atoms with Gasteiger partial charge in [-0.15, -0.1) is 10.2 Å². The number of nitrogens with zero attached hydrogens (tertiary/aromatic N) is 5. The van der Waals surface area contributed by atoms with Gasteiger partial charge in [-0.05, 0) is 56.3 Å². The average molecular weight is 388 g/mol. The Morgan fingerprint density at radius 3 is 2.31 bits per heavy atom. The second kappa shape index (κ2) is 7.59. The van der Waals surface area contributed by atoms with Crippen LogP contribution in [0.4, 0.5) is 5.69 Å². The standard InChI is InChI=1S/C21H20N6O2/c1-14-20(15(2)26(3)25-14)21(28)22-16-6-8-17(9-7-16)29-19-11-10-18(23-24-19)27-12-4-5-13-27/h4-13H,1-3H3,(H,22,28). The fraction of sp³-hybridized carbons (Fsp3) is 0.143. The molecule has 0 fully saturated rings. The summed E-state index contributed by atoms with van der Waals surface area (Å²) in [6.07, 6.45) is 3.79. The van der Waals surface area contributed by atoms with Gasteiger partial charge >= 0.3 is 0 Å². The number of nitrogens with one attached hydrogen (secondary N) is 1. The first kappa shape index (κ1) is 18.4. The fourth-order valence-electron chi connectivity index (χ4n) is 3.02. The quantitative estimate of drug-likeness (QED) is 0.564. The maximum atomic E-state index is 12.6. The van der Waals surface area contributed by atoms with Crippen LogP contribution in [0.15, 0.2) is 60.9 Å². The number of hydrogen-bond acceptors (Lipinski definition) is 5. The molecule has 0 unspecified atom stereocenters.